The van der Waals surface area contributed by atoms with E-state index >= 15 is 0 Å². The lowest BCUT2D eigenvalue weighted by Gasteiger charge is -2.17. The summed E-state index contributed by atoms with van der Waals surface area (Å²) >= 11 is 0. The number of rotatable bonds is 4. The molecule has 5 nitrogen and oxygen atoms in total. The molecule has 0 aliphatic heterocycles. The first-order valence-electron chi connectivity index (χ1n) is 4.69. The number of nitrogens with zero attached hydrogens (tertiary/aromatic N) is 2. The monoisotopic (exact) mass is 209 g/mol. The molecule has 82 valence electrons. The first-order valence-corrected chi connectivity index (χ1v) is 4.69. The molecule has 0 aliphatic carbocycles. The van der Waals surface area contributed by atoms with Crippen LogP contribution in [0, 0.1) is 0 Å². The molecule has 0 saturated heterocycles. The molecule has 0 atom stereocenters. The van der Waals surface area contributed by atoms with Gasteiger partial charge >= 0.3 is 0 Å². The van der Waals surface area contributed by atoms with E-state index in [4.69, 9.17) is 5.11 Å². The van der Waals surface area contributed by atoms with Crippen molar-refractivity contribution in [2.24, 2.45) is 0 Å². The van der Waals surface area contributed by atoms with E-state index in [1.165, 1.54) is 0 Å². The van der Waals surface area contributed by atoms with Gasteiger partial charge in [0.15, 0.2) is 0 Å². The number of aliphatic hydroxyl groups is 1. The van der Waals surface area contributed by atoms with Crippen LogP contribution >= 0.6 is 0 Å². The summed E-state index contributed by atoms with van der Waals surface area (Å²) in [4.78, 5) is 17.1. The van der Waals surface area contributed by atoms with Crippen molar-refractivity contribution in [3.63, 3.8) is 0 Å². The fourth-order valence-corrected chi connectivity index (χ4v) is 1.19. The molecule has 0 fully saturated rings. The molecule has 0 saturated carbocycles. The molecule has 0 bridgehead atoms. The zero-order valence-electron chi connectivity index (χ0n) is 8.90. The second kappa shape index (κ2) is 5.31. The molecule has 1 aromatic heterocycles. The van der Waals surface area contributed by atoms with Crippen LogP contribution in [0.3, 0.4) is 0 Å². The smallest absolute Gasteiger partial charge is 0.269 e. The summed E-state index contributed by atoms with van der Waals surface area (Å²) in [6, 6.07) is 3.48. The van der Waals surface area contributed by atoms with Gasteiger partial charge in [-0.05, 0) is 12.1 Å². The van der Waals surface area contributed by atoms with Crippen LogP contribution in [0.1, 0.15) is 10.5 Å². The molecular weight excluding hydrogens is 194 g/mol. The number of hydrogen-bond donors (Lipinski definition) is 2. The minimum atomic E-state index is -0.214. The van der Waals surface area contributed by atoms with Gasteiger partial charge in [-0.25, -0.2) is 0 Å². The summed E-state index contributed by atoms with van der Waals surface area (Å²) < 4.78 is 0. The minimum Gasteiger partial charge on any atom is -0.395 e. The van der Waals surface area contributed by atoms with Crippen LogP contribution in [-0.4, -0.2) is 43.2 Å². The molecule has 0 radical (unpaired) electrons. The number of carbonyl (C=O) groups excluding carboxylic acids is 1. The van der Waals surface area contributed by atoms with Crippen molar-refractivity contribution in [1.82, 2.24) is 10.3 Å². The largest absolute Gasteiger partial charge is 0.395 e. The van der Waals surface area contributed by atoms with Crippen LogP contribution in [0.5, 0.6) is 0 Å². The Bertz CT molecular complexity index is 341. The third kappa shape index (κ3) is 2.92. The van der Waals surface area contributed by atoms with E-state index in [1.54, 1.807) is 25.4 Å². The van der Waals surface area contributed by atoms with Gasteiger partial charge in [0.2, 0.25) is 0 Å². The van der Waals surface area contributed by atoms with Gasteiger partial charge in [0.05, 0.1) is 6.61 Å². The maximum Gasteiger partial charge on any atom is 0.269 e. The average molecular weight is 209 g/mol. The summed E-state index contributed by atoms with van der Waals surface area (Å²) in [5.74, 6) is -0.214. The van der Waals surface area contributed by atoms with Crippen LogP contribution in [0.25, 0.3) is 0 Å². The van der Waals surface area contributed by atoms with Crippen LogP contribution in [-0.2, 0) is 0 Å². The van der Waals surface area contributed by atoms with Crippen LogP contribution in [0.4, 0.5) is 5.69 Å². The zero-order chi connectivity index (χ0) is 11.3. The fourth-order valence-electron chi connectivity index (χ4n) is 1.19. The van der Waals surface area contributed by atoms with Crippen molar-refractivity contribution < 1.29 is 9.90 Å². The Labute approximate surface area is 88.7 Å². The maximum atomic E-state index is 11.3. The second-order valence-corrected chi connectivity index (χ2v) is 3.12. The number of carbonyl (C=O) groups is 1. The Balaban J connectivity index is 2.87. The van der Waals surface area contributed by atoms with Crippen molar-refractivity contribution in [3.05, 3.63) is 24.0 Å². The fraction of sp³-hybridized carbons (Fsp3) is 0.400. The highest BCUT2D eigenvalue weighted by Gasteiger charge is 2.07. The Morgan fingerprint density at radius 2 is 2.40 bits per heavy atom. The van der Waals surface area contributed by atoms with Crippen molar-refractivity contribution in [2.75, 3.05) is 32.1 Å². The molecule has 15 heavy (non-hydrogen) atoms. The highest BCUT2D eigenvalue weighted by Crippen LogP contribution is 2.12. The van der Waals surface area contributed by atoms with E-state index in [0.29, 0.717) is 12.2 Å². The van der Waals surface area contributed by atoms with Crippen LogP contribution < -0.4 is 10.2 Å². The van der Waals surface area contributed by atoms with Crippen LogP contribution in [0.15, 0.2) is 18.3 Å². The SMILES string of the molecule is CNC(=O)c1cc(N(C)CCO)ccn1. The predicted molar refractivity (Wildman–Crippen MR) is 58.0 cm³/mol. The van der Waals surface area contributed by atoms with Gasteiger partial charge in [-0.1, -0.05) is 0 Å². The summed E-state index contributed by atoms with van der Waals surface area (Å²) in [5, 5.41) is 11.3. The number of amides is 1. The first kappa shape index (κ1) is 11.5. The minimum absolute atomic E-state index is 0.0775. The number of anilines is 1. The highest BCUT2D eigenvalue weighted by atomic mass is 16.3. The molecule has 5 heteroatoms. The molecule has 1 heterocycles. The third-order valence-corrected chi connectivity index (χ3v) is 2.08. The Morgan fingerprint density at radius 3 is 3.00 bits per heavy atom. The summed E-state index contributed by atoms with van der Waals surface area (Å²) in [5.41, 5.74) is 1.23. The van der Waals surface area contributed by atoms with Gasteiger partial charge in [-0.3, -0.25) is 9.78 Å². The van der Waals surface area contributed by atoms with E-state index < -0.39 is 0 Å². The van der Waals surface area contributed by atoms with Crippen molar-refractivity contribution >= 4 is 11.6 Å². The molecule has 1 amide bonds. The number of likely N-dealkylation sites (N-methyl/N-ethyl adjacent to an activating group) is 1. The molecule has 1 aromatic rings. The molecule has 0 spiro atoms. The molecule has 0 aromatic carbocycles. The van der Waals surface area contributed by atoms with Gasteiger partial charge in [0.25, 0.3) is 5.91 Å². The van der Waals surface area contributed by atoms with Gasteiger partial charge in [0, 0.05) is 32.5 Å². The topological polar surface area (TPSA) is 65.5 Å². The molecule has 0 unspecified atom stereocenters. The number of nitrogens with one attached hydrogen (secondary N) is 1. The standard InChI is InChI=1S/C10H15N3O2/c1-11-10(15)9-7-8(3-4-12-9)13(2)5-6-14/h3-4,7,14H,5-6H2,1-2H3,(H,11,15). The molecular formula is C10H15N3O2. The number of hydrogen-bond acceptors (Lipinski definition) is 4. The van der Waals surface area contributed by atoms with Crippen LogP contribution in [0.2, 0.25) is 0 Å². The molecule has 0 aliphatic rings. The lowest BCUT2D eigenvalue weighted by molar-refractivity contribution is 0.0958. The van der Waals surface area contributed by atoms with E-state index in [9.17, 15) is 4.79 Å². The van der Waals surface area contributed by atoms with E-state index in [0.717, 1.165) is 5.69 Å². The molecule has 1 rings (SSSR count). The van der Waals surface area contributed by atoms with E-state index in [1.807, 2.05) is 11.9 Å². The average Bonchev–Trinajstić information content (AvgIpc) is 2.28. The Kier molecular flexibility index (Phi) is 4.05. The summed E-state index contributed by atoms with van der Waals surface area (Å²) in [7, 11) is 3.41. The predicted octanol–water partition coefficient (Wildman–Crippen LogP) is -0.130. The molecule has 2 N–H and O–H groups in total. The summed E-state index contributed by atoms with van der Waals surface area (Å²) in [6.07, 6.45) is 1.58. The van der Waals surface area contributed by atoms with Gasteiger partial charge in [-0.15, -0.1) is 0 Å². The van der Waals surface area contributed by atoms with Crippen molar-refractivity contribution in [2.45, 2.75) is 0 Å². The lowest BCUT2D eigenvalue weighted by Crippen LogP contribution is -2.23. The summed E-state index contributed by atoms with van der Waals surface area (Å²) in [6.45, 7) is 0.603. The normalized spacial score (nSPS) is 9.80. The zero-order valence-corrected chi connectivity index (χ0v) is 8.90. The van der Waals surface area contributed by atoms with Crippen molar-refractivity contribution in [1.29, 1.82) is 0 Å². The maximum absolute atomic E-state index is 11.3. The Hall–Kier alpha value is -1.62. The lowest BCUT2D eigenvalue weighted by atomic mass is 10.3. The highest BCUT2D eigenvalue weighted by molar-refractivity contribution is 5.92. The number of aliphatic hydroxyl groups excluding tert-OH is 1. The third-order valence-electron chi connectivity index (χ3n) is 2.08. The quantitative estimate of drug-likeness (QED) is 0.725. The number of pyridine rings is 1. The van der Waals surface area contributed by atoms with Gasteiger partial charge < -0.3 is 15.3 Å². The second-order valence-electron chi connectivity index (χ2n) is 3.12. The number of aromatic nitrogens is 1. The van der Waals surface area contributed by atoms with Crippen molar-refractivity contribution in [3.8, 4) is 0 Å². The van der Waals surface area contributed by atoms with Gasteiger partial charge in [0.1, 0.15) is 5.69 Å². The van der Waals surface area contributed by atoms with E-state index in [2.05, 4.69) is 10.3 Å². The van der Waals surface area contributed by atoms with E-state index in [-0.39, 0.29) is 12.5 Å². The Morgan fingerprint density at radius 1 is 1.67 bits per heavy atom. The van der Waals surface area contributed by atoms with Gasteiger partial charge in [-0.2, -0.15) is 0 Å². The first-order chi connectivity index (χ1) is 7.19.